The Morgan fingerprint density at radius 1 is 1.47 bits per heavy atom. The highest BCUT2D eigenvalue weighted by Crippen LogP contribution is 2.29. The van der Waals surface area contributed by atoms with Crippen LogP contribution in [0.4, 0.5) is 5.13 Å². The van der Waals surface area contributed by atoms with E-state index in [1.165, 1.54) is 19.4 Å². The normalized spacial score (nSPS) is 15.9. The third-order valence-corrected chi connectivity index (χ3v) is 3.33. The minimum atomic E-state index is 0.909. The topological polar surface area (TPSA) is 41.1 Å². The van der Waals surface area contributed by atoms with Crippen LogP contribution in [0.5, 0.6) is 0 Å². The Labute approximate surface area is 94.7 Å². The summed E-state index contributed by atoms with van der Waals surface area (Å²) in [5, 5.41) is 13.5. The number of hydrogen-bond acceptors (Lipinski definition) is 5. The zero-order valence-electron chi connectivity index (χ0n) is 9.36. The van der Waals surface area contributed by atoms with E-state index in [0.29, 0.717) is 0 Å². The van der Waals surface area contributed by atoms with Gasteiger partial charge in [0, 0.05) is 13.1 Å². The van der Waals surface area contributed by atoms with Gasteiger partial charge in [0.1, 0.15) is 5.01 Å². The van der Waals surface area contributed by atoms with Gasteiger partial charge >= 0.3 is 0 Å². The number of rotatable bonds is 6. The van der Waals surface area contributed by atoms with Gasteiger partial charge in [-0.15, -0.1) is 10.2 Å². The van der Waals surface area contributed by atoms with Gasteiger partial charge < -0.3 is 5.32 Å². The second-order valence-electron chi connectivity index (χ2n) is 4.17. The predicted octanol–water partition coefficient (Wildman–Crippen LogP) is 1.81. The van der Waals surface area contributed by atoms with Crippen LogP contribution in [0.25, 0.3) is 0 Å². The molecule has 0 radical (unpaired) electrons. The average molecular weight is 226 g/mol. The van der Waals surface area contributed by atoms with Crippen molar-refractivity contribution in [3.63, 3.8) is 0 Å². The highest BCUT2D eigenvalue weighted by Gasteiger charge is 2.23. The van der Waals surface area contributed by atoms with Crippen molar-refractivity contribution in [1.82, 2.24) is 15.1 Å². The molecule has 1 saturated carbocycles. The summed E-state index contributed by atoms with van der Waals surface area (Å²) in [4.78, 5) is 2.34. The van der Waals surface area contributed by atoms with E-state index >= 15 is 0 Å². The first-order valence-electron chi connectivity index (χ1n) is 5.52. The maximum Gasteiger partial charge on any atom is 0.205 e. The van der Waals surface area contributed by atoms with Gasteiger partial charge in [-0.05, 0) is 32.7 Å². The second-order valence-corrected chi connectivity index (χ2v) is 5.23. The Morgan fingerprint density at radius 3 is 2.93 bits per heavy atom. The highest BCUT2D eigenvalue weighted by atomic mass is 32.1. The van der Waals surface area contributed by atoms with Crippen LogP contribution in [-0.2, 0) is 6.54 Å². The van der Waals surface area contributed by atoms with Gasteiger partial charge in [0.05, 0.1) is 6.54 Å². The fourth-order valence-electron chi connectivity index (χ4n) is 1.58. The molecule has 1 N–H and O–H groups in total. The van der Waals surface area contributed by atoms with Crippen LogP contribution in [0.2, 0.25) is 0 Å². The third kappa shape index (κ3) is 3.43. The molecule has 1 aliphatic carbocycles. The standard InChI is InChI=1S/C10H18N4S/c1-3-11-10-13-12-9(15-10)7-14(2)6-8-4-5-8/h8H,3-7H2,1-2H3,(H,11,13). The number of nitrogens with one attached hydrogen (secondary N) is 1. The summed E-state index contributed by atoms with van der Waals surface area (Å²) in [7, 11) is 2.16. The lowest BCUT2D eigenvalue weighted by molar-refractivity contribution is 0.312. The molecule has 0 aromatic carbocycles. The molecule has 1 aromatic rings. The fourth-order valence-corrected chi connectivity index (χ4v) is 2.46. The molecule has 2 rings (SSSR count). The van der Waals surface area contributed by atoms with Gasteiger partial charge in [0.2, 0.25) is 5.13 Å². The van der Waals surface area contributed by atoms with E-state index in [1.807, 2.05) is 0 Å². The van der Waals surface area contributed by atoms with Crippen LogP contribution < -0.4 is 5.32 Å². The first-order valence-corrected chi connectivity index (χ1v) is 6.34. The molecule has 1 aliphatic rings. The lowest BCUT2D eigenvalue weighted by Crippen LogP contribution is -2.20. The van der Waals surface area contributed by atoms with Crippen molar-refractivity contribution in [3.05, 3.63) is 5.01 Å². The molecule has 0 amide bonds. The van der Waals surface area contributed by atoms with E-state index < -0.39 is 0 Å². The zero-order valence-corrected chi connectivity index (χ0v) is 10.2. The lowest BCUT2D eigenvalue weighted by Gasteiger charge is -2.13. The molecular weight excluding hydrogens is 208 g/mol. The van der Waals surface area contributed by atoms with Gasteiger partial charge in [-0.3, -0.25) is 4.90 Å². The van der Waals surface area contributed by atoms with Gasteiger partial charge in [-0.1, -0.05) is 11.3 Å². The quantitative estimate of drug-likeness (QED) is 0.803. The van der Waals surface area contributed by atoms with E-state index in [1.54, 1.807) is 11.3 Å². The molecule has 0 spiro atoms. The maximum atomic E-state index is 4.17. The van der Waals surface area contributed by atoms with Crippen molar-refractivity contribution < 1.29 is 0 Å². The molecule has 84 valence electrons. The monoisotopic (exact) mass is 226 g/mol. The van der Waals surface area contributed by atoms with E-state index in [-0.39, 0.29) is 0 Å². The molecule has 4 nitrogen and oxygen atoms in total. The molecule has 0 unspecified atom stereocenters. The Kier molecular flexibility index (Phi) is 3.53. The molecule has 0 aliphatic heterocycles. The average Bonchev–Trinajstić information content (AvgIpc) is 2.88. The van der Waals surface area contributed by atoms with Crippen molar-refractivity contribution in [1.29, 1.82) is 0 Å². The van der Waals surface area contributed by atoms with Crippen molar-refractivity contribution in [2.24, 2.45) is 5.92 Å². The Balaban J connectivity index is 1.80. The van der Waals surface area contributed by atoms with Crippen LogP contribution >= 0.6 is 11.3 Å². The van der Waals surface area contributed by atoms with E-state index in [4.69, 9.17) is 0 Å². The Bertz CT molecular complexity index is 308. The van der Waals surface area contributed by atoms with Crippen LogP contribution in [0, 0.1) is 5.92 Å². The second kappa shape index (κ2) is 4.90. The number of anilines is 1. The summed E-state index contributed by atoms with van der Waals surface area (Å²) < 4.78 is 0. The number of hydrogen-bond donors (Lipinski definition) is 1. The smallest absolute Gasteiger partial charge is 0.205 e. The summed E-state index contributed by atoms with van der Waals surface area (Å²) in [5.41, 5.74) is 0. The highest BCUT2D eigenvalue weighted by molar-refractivity contribution is 7.15. The first-order chi connectivity index (χ1) is 7.28. The molecular formula is C10H18N4S. The minimum absolute atomic E-state index is 0.909. The van der Waals surface area contributed by atoms with Crippen LogP contribution in [0.3, 0.4) is 0 Å². The van der Waals surface area contributed by atoms with Crippen LogP contribution in [0.1, 0.15) is 24.8 Å². The molecule has 15 heavy (non-hydrogen) atoms. The summed E-state index contributed by atoms with van der Waals surface area (Å²) >= 11 is 1.66. The molecule has 0 bridgehead atoms. The molecule has 1 fully saturated rings. The SMILES string of the molecule is CCNc1nnc(CN(C)CC2CC2)s1. The molecule has 0 atom stereocenters. The summed E-state index contributed by atoms with van der Waals surface area (Å²) in [6.45, 7) is 5.11. The Hall–Kier alpha value is -0.680. The van der Waals surface area contributed by atoms with E-state index in [9.17, 15) is 0 Å². The van der Waals surface area contributed by atoms with Crippen molar-refractivity contribution in [2.75, 3.05) is 25.5 Å². The maximum absolute atomic E-state index is 4.17. The molecule has 5 heteroatoms. The van der Waals surface area contributed by atoms with Crippen LogP contribution in [0.15, 0.2) is 0 Å². The van der Waals surface area contributed by atoms with Gasteiger partial charge in [0.15, 0.2) is 0 Å². The lowest BCUT2D eigenvalue weighted by atomic mass is 10.4. The van der Waals surface area contributed by atoms with Crippen molar-refractivity contribution in [2.45, 2.75) is 26.3 Å². The van der Waals surface area contributed by atoms with Crippen molar-refractivity contribution >= 4 is 16.5 Å². The van der Waals surface area contributed by atoms with Gasteiger partial charge in [0.25, 0.3) is 0 Å². The minimum Gasteiger partial charge on any atom is -0.360 e. The summed E-state index contributed by atoms with van der Waals surface area (Å²) in [6, 6.07) is 0. The van der Waals surface area contributed by atoms with E-state index in [0.717, 1.165) is 29.1 Å². The summed E-state index contributed by atoms with van der Waals surface area (Å²) in [6.07, 6.45) is 2.81. The van der Waals surface area contributed by atoms with Crippen LogP contribution in [-0.4, -0.2) is 35.2 Å². The first kappa shape index (κ1) is 10.8. The zero-order chi connectivity index (χ0) is 10.7. The molecule has 0 saturated heterocycles. The largest absolute Gasteiger partial charge is 0.360 e. The van der Waals surface area contributed by atoms with E-state index in [2.05, 4.69) is 34.4 Å². The molecule has 1 heterocycles. The number of aromatic nitrogens is 2. The Morgan fingerprint density at radius 2 is 2.27 bits per heavy atom. The molecule has 1 aromatic heterocycles. The van der Waals surface area contributed by atoms with Gasteiger partial charge in [-0.25, -0.2) is 0 Å². The fraction of sp³-hybridized carbons (Fsp3) is 0.800. The predicted molar refractivity (Wildman–Crippen MR) is 63.1 cm³/mol. The van der Waals surface area contributed by atoms with Gasteiger partial charge in [-0.2, -0.15) is 0 Å². The summed E-state index contributed by atoms with van der Waals surface area (Å²) in [5.74, 6) is 0.941. The number of nitrogens with zero attached hydrogens (tertiary/aromatic N) is 3. The van der Waals surface area contributed by atoms with Crippen molar-refractivity contribution in [3.8, 4) is 0 Å². The third-order valence-electron chi connectivity index (χ3n) is 2.47.